The summed E-state index contributed by atoms with van der Waals surface area (Å²) in [4.78, 5) is 11.5. The standard InChI is InChI=1S/C11H5ClN4O2/c12-8-2-1-6-5-18-11(17)9(6)10(8)16-15-7(3-13)4-14/h1-2,16H,5H2. The number of benzene rings is 1. The molecular weight excluding hydrogens is 256 g/mol. The topological polar surface area (TPSA) is 98.3 Å². The highest BCUT2D eigenvalue weighted by molar-refractivity contribution is 6.34. The lowest BCUT2D eigenvalue weighted by Gasteiger charge is -2.06. The van der Waals surface area contributed by atoms with Crippen molar-refractivity contribution in [2.75, 3.05) is 5.43 Å². The fourth-order valence-electron chi connectivity index (χ4n) is 1.49. The molecule has 0 bridgehead atoms. The highest BCUT2D eigenvalue weighted by Crippen LogP contribution is 2.33. The summed E-state index contributed by atoms with van der Waals surface area (Å²) in [5.41, 5.74) is 3.28. The summed E-state index contributed by atoms with van der Waals surface area (Å²) in [6.07, 6.45) is 0. The molecule has 1 aromatic carbocycles. The first kappa shape index (κ1) is 11.9. The molecule has 0 aliphatic carbocycles. The number of ether oxygens (including phenoxy) is 1. The second kappa shape index (κ2) is 4.74. The van der Waals surface area contributed by atoms with Gasteiger partial charge >= 0.3 is 5.97 Å². The monoisotopic (exact) mass is 260 g/mol. The number of halogens is 1. The van der Waals surface area contributed by atoms with Gasteiger partial charge in [-0.2, -0.15) is 15.6 Å². The van der Waals surface area contributed by atoms with Crippen LogP contribution in [0.4, 0.5) is 5.69 Å². The minimum Gasteiger partial charge on any atom is -0.457 e. The number of hydrogen-bond donors (Lipinski definition) is 1. The number of hydrazone groups is 1. The Bertz CT molecular complexity index is 624. The van der Waals surface area contributed by atoms with E-state index in [1.165, 1.54) is 0 Å². The van der Waals surface area contributed by atoms with E-state index in [4.69, 9.17) is 26.9 Å². The van der Waals surface area contributed by atoms with E-state index in [2.05, 4.69) is 10.5 Å². The van der Waals surface area contributed by atoms with Crippen LogP contribution < -0.4 is 5.43 Å². The Morgan fingerprint density at radius 3 is 2.83 bits per heavy atom. The average molecular weight is 261 g/mol. The van der Waals surface area contributed by atoms with Crippen LogP contribution in [0.2, 0.25) is 5.02 Å². The molecule has 0 aromatic heterocycles. The summed E-state index contributed by atoms with van der Waals surface area (Å²) in [5, 5.41) is 20.9. The van der Waals surface area contributed by atoms with Crippen LogP contribution in [0.1, 0.15) is 15.9 Å². The van der Waals surface area contributed by atoms with Crippen molar-refractivity contribution in [1.82, 2.24) is 0 Å². The van der Waals surface area contributed by atoms with Gasteiger partial charge in [0.15, 0.2) is 0 Å². The summed E-state index contributed by atoms with van der Waals surface area (Å²) in [6.45, 7) is 0.174. The maximum Gasteiger partial charge on any atom is 0.341 e. The highest BCUT2D eigenvalue weighted by Gasteiger charge is 2.26. The van der Waals surface area contributed by atoms with Crippen molar-refractivity contribution >= 4 is 29.0 Å². The van der Waals surface area contributed by atoms with Crippen molar-refractivity contribution < 1.29 is 9.53 Å². The van der Waals surface area contributed by atoms with Crippen LogP contribution >= 0.6 is 11.6 Å². The zero-order chi connectivity index (χ0) is 13.1. The van der Waals surface area contributed by atoms with E-state index < -0.39 is 5.97 Å². The zero-order valence-electron chi connectivity index (χ0n) is 8.90. The number of hydrogen-bond acceptors (Lipinski definition) is 6. The summed E-state index contributed by atoms with van der Waals surface area (Å²) in [7, 11) is 0. The van der Waals surface area contributed by atoms with Crippen molar-refractivity contribution in [3.8, 4) is 12.1 Å². The summed E-state index contributed by atoms with van der Waals surface area (Å²) in [6, 6.07) is 6.43. The molecule has 0 unspecified atom stereocenters. The zero-order valence-corrected chi connectivity index (χ0v) is 9.65. The molecule has 1 aliphatic rings. The van der Waals surface area contributed by atoms with Crippen LogP contribution in [0.3, 0.4) is 0 Å². The molecule has 1 N–H and O–H groups in total. The minimum absolute atomic E-state index is 0.174. The van der Waals surface area contributed by atoms with Gasteiger partial charge in [-0.15, -0.1) is 0 Å². The molecule has 0 radical (unpaired) electrons. The molecule has 6 nitrogen and oxygen atoms in total. The first-order chi connectivity index (χ1) is 8.67. The van der Waals surface area contributed by atoms with Crippen LogP contribution in [0, 0.1) is 22.7 Å². The predicted octanol–water partition coefficient (Wildman–Crippen LogP) is 1.83. The molecule has 1 heterocycles. The van der Waals surface area contributed by atoms with E-state index in [9.17, 15) is 4.79 Å². The number of nitriles is 2. The molecule has 0 atom stereocenters. The molecule has 0 fully saturated rings. The molecular formula is C11H5ClN4O2. The molecule has 0 saturated carbocycles. The lowest BCUT2D eigenvalue weighted by Crippen LogP contribution is -2.03. The molecule has 2 rings (SSSR count). The van der Waals surface area contributed by atoms with Gasteiger partial charge in [0, 0.05) is 5.56 Å². The third-order valence-corrected chi connectivity index (χ3v) is 2.61. The minimum atomic E-state index is -0.513. The number of fused-ring (bicyclic) bond motifs is 1. The van der Waals surface area contributed by atoms with Crippen molar-refractivity contribution in [3.63, 3.8) is 0 Å². The van der Waals surface area contributed by atoms with Gasteiger partial charge in [0.25, 0.3) is 0 Å². The number of carbonyl (C=O) groups is 1. The third-order valence-electron chi connectivity index (χ3n) is 2.29. The Balaban J connectivity index is 2.44. The van der Waals surface area contributed by atoms with Crippen molar-refractivity contribution in [2.45, 2.75) is 6.61 Å². The Morgan fingerprint density at radius 2 is 2.17 bits per heavy atom. The number of esters is 1. The van der Waals surface area contributed by atoms with Gasteiger partial charge in [0.1, 0.15) is 18.7 Å². The summed E-state index contributed by atoms with van der Waals surface area (Å²) >= 11 is 5.94. The van der Waals surface area contributed by atoms with Crippen LogP contribution in [0.25, 0.3) is 0 Å². The lowest BCUT2D eigenvalue weighted by atomic mass is 10.1. The molecule has 1 aliphatic heterocycles. The van der Waals surface area contributed by atoms with E-state index in [1.807, 2.05) is 0 Å². The Labute approximate surface area is 107 Å². The van der Waals surface area contributed by atoms with Gasteiger partial charge in [-0.1, -0.05) is 17.7 Å². The van der Waals surface area contributed by atoms with Crippen molar-refractivity contribution in [2.24, 2.45) is 5.10 Å². The molecule has 18 heavy (non-hydrogen) atoms. The number of carbonyl (C=O) groups excluding carboxylic acids is 1. The van der Waals surface area contributed by atoms with Gasteiger partial charge in [-0.25, -0.2) is 4.79 Å². The fraction of sp³-hybridized carbons (Fsp3) is 0.0909. The quantitative estimate of drug-likeness (QED) is 0.497. The maximum atomic E-state index is 11.5. The number of rotatable bonds is 2. The van der Waals surface area contributed by atoms with Crippen molar-refractivity contribution in [1.29, 1.82) is 10.5 Å². The van der Waals surface area contributed by atoms with Gasteiger partial charge in [0.05, 0.1) is 16.3 Å². The normalized spacial score (nSPS) is 11.8. The van der Waals surface area contributed by atoms with E-state index >= 15 is 0 Å². The van der Waals surface area contributed by atoms with E-state index in [1.54, 1.807) is 24.3 Å². The van der Waals surface area contributed by atoms with Crippen LogP contribution in [0.15, 0.2) is 17.2 Å². The first-order valence-electron chi connectivity index (χ1n) is 4.79. The van der Waals surface area contributed by atoms with Crippen LogP contribution in [-0.4, -0.2) is 11.7 Å². The molecule has 7 heteroatoms. The molecule has 0 saturated heterocycles. The maximum absolute atomic E-state index is 11.5. The number of nitrogens with one attached hydrogen (secondary N) is 1. The SMILES string of the molecule is N#CC(C#N)=NNc1c(Cl)ccc2c1C(=O)OC2. The van der Waals surface area contributed by atoms with Gasteiger partial charge in [-0.05, 0) is 6.07 Å². The second-order valence-electron chi connectivity index (χ2n) is 3.33. The van der Waals surface area contributed by atoms with Crippen LogP contribution in [0.5, 0.6) is 0 Å². The van der Waals surface area contributed by atoms with E-state index in [0.29, 0.717) is 5.56 Å². The van der Waals surface area contributed by atoms with E-state index in [0.717, 1.165) is 0 Å². The Morgan fingerprint density at radius 1 is 1.44 bits per heavy atom. The van der Waals surface area contributed by atoms with Gasteiger partial charge in [0.2, 0.25) is 5.71 Å². The van der Waals surface area contributed by atoms with Gasteiger partial charge in [-0.3, -0.25) is 5.43 Å². The Hall–Kier alpha value is -2.57. The molecule has 0 amide bonds. The number of cyclic esters (lactones) is 1. The second-order valence-corrected chi connectivity index (χ2v) is 3.74. The van der Waals surface area contributed by atoms with Crippen molar-refractivity contribution in [3.05, 3.63) is 28.3 Å². The smallest absolute Gasteiger partial charge is 0.341 e. The van der Waals surface area contributed by atoms with Crippen LogP contribution in [-0.2, 0) is 11.3 Å². The lowest BCUT2D eigenvalue weighted by molar-refractivity contribution is 0.0536. The van der Waals surface area contributed by atoms with E-state index in [-0.39, 0.29) is 28.6 Å². The van der Waals surface area contributed by atoms with Gasteiger partial charge < -0.3 is 4.74 Å². The molecule has 88 valence electrons. The Kier molecular flexibility index (Phi) is 3.13. The molecule has 1 aromatic rings. The fourth-order valence-corrected chi connectivity index (χ4v) is 1.69. The number of anilines is 1. The largest absolute Gasteiger partial charge is 0.457 e. The third kappa shape index (κ3) is 1.97. The summed E-state index contributed by atoms with van der Waals surface area (Å²) < 4.78 is 4.86. The number of nitrogens with zero attached hydrogens (tertiary/aromatic N) is 3. The first-order valence-corrected chi connectivity index (χ1v) is 5.17. The predicted molar refractivity (Wildman–Crippen MR) is 62.9 cm³/mol. The summed E-state index contributed by atoms with van der Waals surface area (Å²) in [5.74, 6) is -0.513. The highest BCUT2D eigenvalue weighted by atomic mass is 35.5. The molecule has 0 spiro atoms. The average Bonchev–Trinajstić information content (AvgIpc) is 2.75.